The molecular weight excluding hydrogens is 322 g/mol. The topological polar surface area (TPSA) is 80.5 Å². The van der Waals surface area contributed by atoms with Crippen molar-refractivity contribution in [2.75, 3.05) is 0 Å². The Morgan fingerprint density at radius 3 is 2.41 bits per heavy atom. The molecule has 1 N–H and O–H groups in total. The minimum absolute atomic E-state index is 0.124. The van der Waals surface area contributed by atoms with Gasteiger partial charge in [-0.05, 0) is 38.1 Å². The van der Waals surface area contributed by atoms with E-state index in [1.54, 1.807) is 25.5 Å². The summed E-state index contributed by atoms with van der Waals surface area (Å²) in [5.41, 5.74) is 0.344. The molecule has 22 heavy (non-hydrogen) atoms. The number of benzene rings is 1. The zero-order chi connectivity index (χ0) is 16.3. The van der Waals surface area contributed by atoms with Crippen molar-refractivity contribution in [3.63, 3.8) is 0 Å². The van der Waals surface area contributed by atoms with Crippen LogP contribution in [0.2, 0.25) is 0 Å². The highest BCUT2D eigenvalue weighted by molar-refractivity contribution is 7.89. The van der Waals surface area contributed by atoms with Crippen molar-refractivity contribution in [3.8, 4) is 0 Å². The maximum absolute atomic E-state index is 12.1. The highest BCUT2D eigenvalue weighted by atomic mass is 32.2. The molecule has 1 aromatic carbocycles. The molecule has 6 nitrogen and oxygen atoms in total. The van der Waals surface area contributed by atoms with Gasteiger partial charge in [-0.3, -0.25) is 4.79 Å². The van der Waals surface area contributed by atoms with Gasteiger partial charge in [0, 0.05) is 30.2 Å². The minimum Gasteiger partial charge on any atom is -0.327 e. The third-order valence-electron chi connectivity index (χ3n) is 2.76. The number of aromatic nitrogens is 1. The maximum atomic E-state index is 12.1. The summed E-state index contributed by atoms with van der Waals surface area (Å²) in [6.07, 6.45) is 1.81. The lowest BCUT2D eigenvalue weighted by atomic mass is 10.2. The fourth-order valence-electron chi connectivity index (χ4n) is 1.74. The lowest BCUT2D eigenvalue weighted by Crippen LogP contribution is -2.30. The number of nitrogens with one attached hydrogen (secondary N) is 1. The van der Waals surface area contributed by atoms with Crippen LogP contribution in [0.25, 0.3) is 0 Å². The quantitative estimate of drug-likeness (QED) is 0.917. The van der Waals surface area contributed by atoms with Gasteiger partial charge in [-0.15, -0.1) is 11.3 Å². The van der Waals surface area contributed by atoms with Crippen molar-refractivity contribution < 1.29 is 13.2 Å². The second-order valence-electron chi connectivity index (χ2n) is 5.01. The average molecular weight is 339 g/mol. The summed E-state index contributed by atoms with van der Waals surface area (Å²) in [7, 11) is -1.75. The van der Waals surface area contributed by atoms with Gasteiger partial charge in [-0.2, -0.15) is 4.99 Å². The fraction of sp³-hybridized carbons (Fsp3) is 0.286. The number of thiazole rings is 1. The van der Waals surface area contributed by atoms with Crippen LogP contribution in [-0.4, -0.2) is 24.9 Å². The monoisotopic (exact) mass is 339 g/mol. The molecule has 0 unspecified atom stereocenters. The average Bonchev–Trinajstić information content (AvgIpc) is 2.83. The Kier molecular flexibility index (Phi) is 4.94. The first-order valence-electron chi connectivity index (χ1n) is 6.61. The van der Waals surface area contributed by atoms with Crippen molar-refractivity contribution in [1.29, 1.82) is 0 Å². The molecule has 1 aromatic heterocycles. The van der Waals surface area contributed by atoms with Gasteiger partial charge in [0.15, 0.2) is 4.80 Å². The first-order valence-corrected chi connectivity index (χ1v) is 8.97. The van der Waals surface area contributed by atoms with Gasteiger partial charge >= 0.3 is 0 Å². The standard InChI is InChI=1S/C14H17N3O3S2/c1-10(2)16-22(19,20)12-6-4-11(5-7-12)13(18)15-14-17(3)8-9-21-14/h4-10,16H,1-3H3. The third-order valence-corrected chi connectivity index (χ3v) is 5.28. The van der Waals surface area contributed by atoms with Crippen LogP contribution in [0, 0.1) is 0 Å². The minimum atomic E-state index is -3.55. The second-order valence-corrected chi connectivity index (χ2v) is 7.60. The lowest BCUT2D eigenvalue weighted by molar-refractivity contribution is 0.0997. The van der Waals surface area contributed by atoms with E-state index in [0.29, 0.717) is 10.4 Å². The van der Waals surface area contributed by atoms with Crippen LogP contribution in [0.3, 0.4) is 0 Å². The molecule has 1 heterocycles. The Bertz CT molecular complexity index is 831. The van der Waals surface area contributed by atoms with Gasteiger partial charge in [0.1, 0.15) is 0 Å². The highest BCUT2D eigenvalue weighted by Gasteiger charge is 2.15. The normalized spacial score (nSPS) is 12.8. The van der Waals surface area contributed by atoms with Gasteiger partial charge in [0.25, 0.3) is 5.91 Å². The number of rotatable bonds is 4. The molecule has 0 radical (unpaired) electrons. The molecule has 0 spiro atoms. The number of hydrogen-bond donors (Lipinski definition) is 1. The predicted octanol–water partition coefficient (Wildman–Crippen LogP) is 1.51. The first-order chi connectivity index (χ1) is 10.3. The molecule has 0 saturated carbocycles. The molecule has 118 valence electrons. The molecular formula is C14H17N3O3S2. The third kappa shape index (κ3) is 3.90. The number of amides is 1. The van der Waals surface area contributed by atoms with Crippen LogP contribution in [0.15, 0.2) is 45.7 Å². The van der Waals surface area contributed by atoms with Crippen LogP contribution in [0.4, 0.5) is 0 Å². The Morgan fingerprint density at radius 1 is 1.27 bits per heavy atom. The number of aryl methyl sites for hydroxylation is 1. The zero-order valence-corrected chi connectivity index (χ0v) is 14.1. The summed E-state index contributed by atoms with van der Waals surface area (Å²) < 4.78 is 28.2. The van der Waals surface area contributed by atoms with E-state index in [-0.39, 0.29) is 10.9 Å². The summed E-state index contributed by atoms with van der Waals surface area (Å²) >= 11 is 1.36. The van der Waals surface area contributed by atoms with E-state index in [1.807, 2.05) is 11.6 Å². The molecule has 0 fully saturated rings. The molecule has 1 amide bonds. The smallest absolute Gasteiger partial charge is 0.279 e. The summed E-state index contributed by atoms with van der Waals surface area (Å²) in [6, 6.07) is 5.55. The van der Waals surface area contributed by atoms with Gasteiger partial charge in [0.05, 0.1) is 4.90 Å². The van der Waals surface area contributed by atoms with Gasteiger partial charge < -0.3 is 4.57 Å². The Hall–Kier alpha value is -1.77. The number of carbonyl (C=O) groups excluding carboxylic acids is 1. The van der Waals surface area contributed by atoms with Crippen molar-refractivity contribution in [2.24, 2.45) is 12.0 Å². The number of nitrogens with zero attached hydrogens (tertiary/aromatic N) is 2. The molecule has 0 saturated heterocycles. The van der Waals surface area contributed by atoms with E-state index in [2.05, 4.69) is 9.71 Å². The van der Waals surface area contributed by atoms with Crippen molar-refractivity contribution in [3.05, 3.63) is 46.2 Å². The Balaban J connectivity index is 2.26. The van der Waals surface area contributed by atoms with Crippen molar-refractivity contribution >= 4 is 27.3 Å². The van der Waals surface area contributed by atoms with Crippen LogP contribution >= 0.6 is 11.3 Å². The van der Waals surface area contributed by atoms with Gasteiger partial charge in [-0.1, -0.05) is 0 Å². The Labute approximate surface area is 133 Å². The van der Waals surface area contributed by atoms with Crippen LogP contribution in [0.1, 0.15) is 24.2 Å². The summed E-state index contributed by atoms with van der Waals surface area (Å²) in [6.45, 7) is 3.49. The molecule has 2 aromatic rings. The molecule has 0 bridgehead atoms. The first kappa shape index (κ1) is 16.6. The number of sulfonamides is 1. The van der Waals surface area contributed by atoms with E-state index in [4.69, 9.17) is 0 Å². The number of hydrogen-bond acceptors (Lipinski definition) is 4. The maximum Gasteiger partial charge on any atom is 0.279 e. The second kappa shape index (κ2) is 6.55. The van der Waals surface area contributed by atoms with E-state index in [9.17, 15) is 13.2 Å². The van der Waals surface area contributed by atoms with Gasteiger partial charge in [-0.25, -0.2) is 13.1 Å². The van der Waals surface area contributed by atoms with Crippen LogP contribution < -0.4 is 9.52 Å². The molecule has 0 aliphatic carbocycles. The van der Waals surface area contributed by atoms with Crippen LogP contribution in [0.5, 0.6) is 0 Å². The summed E-state index contributed by atoms with van der Waals surface area (Å²) in [5, 5.41) is 1.83. The SMILES string of the molecule is CC(C)NS(=O)(=O)c1ccc(C(=O)N=c2sccn2C)cc1. The summed E-state index contributed by atoms with van der Waals surface area (Å²) in [5.74, 6) is -0.404. The van der Waals surface area contributed by atoms with E-state index < -0.39 is 15.9 Å². The van der Waals surface area contributed by atoms with E-state index in [0.717, 1.165) is 0 Å². The van der Waals surface area contributed by atoms with E-state index >= 15 is 0 Å². The molecule has 8 heteroatoms. The molecule has 0 atom stereocenters. The van der Waals surface area contributed by atoms with Crippen molar-refractivity contribution in [2.45, 2.75) is 24.8 Å². The Morgan fingerprint density at radius 2 is 1.91 bits per heavy atom. The molecule has 0 aliphatic rings. The fourth-order valence-corrected chi connectivity index (χ4v) is 3.72. The highest BCUT2D eigenvalue weighted by Crippen LogP contribution is 2.12. The predicted molar refractivity (Wildman–Crippen MR) is 85.1 cm³/mol. The van der Waals surface area contributed by atoms with Crippen LogP contribution in [-0.2, 0) is 17.1 Å². The largest absolute Gasteiger partial charge is 0.327 e. The zero-order valence-electron chi connectivity index (χ0n) is 12.5. The van der Waals surface area contributed by atoms with E-state index in [1.165, 1.54) is 35.6 Å². The van der Waals surface area contributed by atoms with Gasteiger partial charge in [0.2, 0.25) is 10.0 Å². The molecule has 2 rings (SSSR count). The molecule has 0 aliphatic heterocycles. The number of carbonyl (C=O) groups is 1. The lowest BCUT2D eigenvalue weighted by Gasteiger charge is -2.09. The van der Waals surface area contributed by atoms with Crippen molar-refractivity contribution in [1.82, 2.24) is 9.29 Å². The summed E-state index contributed by atoms with van der Waals surface area (Å²) in [4.78, 5) is 16.8.